The van der Waals surface area contributed by atoms with Crippen molar-refractivity contribution in [3.8, 4) is 0 Å². The molecule has 1 aliphatic heterocycles. The van der Waals surface area contributed by atoms with Crippen LogP contribution in [-0.4, -0.2) is 134 Å². The van der Waals surface area contributed by atoms with Gasteiger partial charge in [0.05, 0.1) is 19.5 Å². The average Bonchev–Trinajstić information content (AvgIpc) is 3.73. The molecule has 0 aromatic carbocycles. The van der Waals surface area contributed by atoms with Crippen molar-refractivity contribution in [1.29, 1.82) is 0 Å². The number of aliphatic hydroxyl groups is 3. The minimum Gasteiger partial charge on any atom is -0.386 e. The number of aliphatic hydroxyl groups excluding tert-OH is 3. The van der Waals surface area contributed by atoms with Gasteiger partial charge in [0.25, 0.3) is 0 Å². The van der Waals surface area contributed by atoms with Crippen LogP contribution in [-0.2, 0) is 50.7 Å². The van der Waals surface area contributed by atoms with Crippen molar-refractivity contribution < 1.29 is 85.6 Å². The van der Waals surface area contributed by atoms with Gasteiger partial charge in [-0.25, -0.2) is 28.6 Å². The SMILES string of the molecule is CC/C=C/CCCCCC(O)C(=O)SCCNC(=O)CCNC(=O)C(O)C(C)(C)COP(=O)(O)OP(=O)(O)OCC1OC(n2cnc3c(N)ncnc32)C(O)C1OP(=O)(O)O. The Balaban J connectivity index is 1.41. The van der Waals surface area contributed by atoms with E-state index in [0.717, 1.165) is 54.7 Å². The van der Waals surface area contributed by atoms with Gasteiger partial charge >= 0.3 is 23.5 Å². The number of amides is 2. The summed E-state index contributed by atoms with van der Waals surface area (Å²) >= 11 is 0.892. The third-order valence-electron chi connectivity index (χ3n) is 8.77. The van der Waals surface area contributed by atoms with Crippen LogP contribution in [0.5, 0.6) is 0 Å². The summed E-state index contributed by atoms with van der Waals surface area (Å²) in [5.41, 5.74) is 4.24. The fourth-order valence-electron chi connectivity index (χ4n) is 5.56. The normalized spacial score (nSPS) is 21.5. The summed E-state index contributed by atoms with van der Waals surface area (Å²) in [5, 5.41) is 36.1. The van der Waals surface area contributed by atoms with Gasteiger partial charge < -0.3 is 56.0 Å². The van der Waals surface area contributed by atoms with Crippen molar-refractivity contribution in [3.05, 3.63) is 24.8 Å². The van der Waals surface area contributed by atoms with E-state index in [0.29, 0.717) is 12.8 Å². The number of rotatable bonds is 27. The van der Waals surface area contributed by atoms with Crippen LogP contribution in [0.1, 0.15) is 71.9 Å². The maximum atomic E-state index is 12.7. The van der Waals surface area contributed by atoms with Gasteiger partial charge in [-0.3, -0.25) is 32.5 Å². The highest BCUT2D eigenvalue weighted by molar-refractivity contribution is 8.13. The van der Waals surface area contributed by atoms with E-state index >= 15 is 0 Å². The average molecular weight is 950 g/mol. The molecule has 3 heterocycles. The molecule has 25 nitrogen and oxygen atoms in total. The quantitative estimate of drug-likeness (QED) is 0.0338. The number of nitrogen functional groups attached to an aromatic ring is 1. The van der Waals surface area contributed by atoms with E-state index in [2.05, 4.69) is 53.5 Å². The molecule has 0 bridgehead atoms. The minimum absolute atomic E-state index is 0.0259. The number of hydrogen-bond donors (Lipinski definition) is 10. The molecule has 1 fully saturated rings. The van der Waals surface area contributed by atoms with E-state index in [9.17, 15) is 63.0 Å². The first-order chi connectivity index (χ1) is 28.5. The molecule has 346 valence electrons. The molecule has 1 aliphatic rings. The van der Waals surface area contributed by atoms with Crippen LogP contribution in [0.4, 0.5) is 5.82 Å². The zero-order valence-corrected chi connectivity index (χ0v) is 37.0. The van der Waals surface area contributed by atoms with Gasteiger partial charge in [-0.1, -0.05) is 57.5 Å². The highest BCUT2D eigenvalue weighted by Crippen LogP contribution is 2.61. The van der Waals surface area contributed by atoms with Crippen LogP contribution in [0, 0.1) is 5.41 Å². The van der Waals surface area contributed by atoms with Crippen LogP contribution >= 0.6 is 35.2 Å². The number of carbonyl (C=O) groups is 3. The molecular formula is C32H54N7O18P3S. The maximum Gasteiger partial charge on any atom is 0.481 e. The number of fused-ring (bicyclic) bond motifs is 1. The first-order valence-electron chi connectivity index (χ1n) is 18.9. The van der Waals surface area contributed by atoms with E-state index in [-0.39, 0.29) is 42.2 Å². The molecule has 11 N–H and O–H groups in total. The minimum atomic E-state index is -5.58. The summed E-state index contributed by atoms with van der Waals surface area (Å²) in [4.78, 5) is 88.0. The van der Waals surface area contributed by atoms with Gasteiger partial charge in [-0.2, -0.15) is 4.31 Å². The molecule has 1 saturated heterocycles. The molecule has 0 saturated carbocycles. The number of nitrogens with one attached hydrogen (secondary N) is 2. The summed E-state index contributed by atoms with van der Waals surface area (Å²) < 4.78 is 62.2. The number of carbonyl (C=O) groups excluding carboxylic acids is 3. The number of phosphoric ester groups is 3. The van der Waals surface area contributed by atoms with E-state index in [4.69, 9.17) is 19.5 Å². The van der Waals surface area contributed by atoms with Gasteiger partial charge in [-0.05, 0) is 25.7 Å². The fraction of sp³-hybridized carbons (Fsp3) is 0.688. The monoisotopic (exact) mass is 949 g/mol. The smallest absolute Gasteiger partial charge is 0.386 e. The molecule has 0 aliphatic carbocycles. The number of anilines is 1. The molecule has 2 amide bonds. The molecule has 2 aromatic rings. The highest BCUT2D eigenvalue weighted by Gasteiger charge is 2.50. The molecule has 0 radical (unpaired) electrons. The largest absolute Gasteiger partial charge is 0.481 e. The van der Waals surface area contributed by atoms with E-state index in [1.165, 1.54) is 13.8 Å². The summed E-state index contributed by atoms with van der Waals surface area (Å²) in [5.74, 6) is -1.31. The van der Waals surface area contributed by atoms with Crippen LogP contribution in [0.2, 0.25) is 0 Å². The number of unbranched alkanes of at least 4 members (excludes halogenated alkanes) is 3. The molecular weight excluding hydrogens is 895 g/mol. The van der Waals surface area contributed by atoms with Crippen molar-refractivity contribution in [2.75, 3.05) is 37.8 Å². The van der Waals surface area contributed by atoms with Gasteiger partial charge in [0.1, 0.15) is 42.4 Å². The number of nitrogens with two attached hydrogens (primary N) is 1. The second-order valence-electron chi connectivity index (χ2n) is 14.3. The fourth-order valence-corrected chi connectivity index (χ4v) is 9.10. The van der Waals surface area contributed by atoms with Crippen molar-refractivity contribution >= 4 is 69.1 Å². The zero-order valence-electron chi connectivity index (χ0n) is 33.5. The van der Waals surface area contributed by atoms with Crippen LogP contribution in [0.3, 0.4) is 0 Å². The predicted molar refractivity (Wildman–Crippen MR) is 216 cm³/mol. The summed E-state index contributed by atoms with van der Waals surface area (Å²) in [6, 6.07) is 0. The lowest BCUT2D eigenvalue weighted by Gasteiger charge is -2.30. The van der Waals surface area contributed by atoms with E-state index < -0.39 is 95.8 Å². The summed E-state index contributed by atoms with van der Waals surface area (Å²) in [6.07, 6.45) is 0.966. The number of allylic oxidation sites excluding steroid dienone is 2. The molecule has 2 aromatic heterocycles. The molecule has 3 rings (SSSR count). The van der Waals surface area contributed by atoms with Gasteiger partial charge in [0.15, 0.2) is 17.7 Å². The topological polar surface area (TPSA) is 384 Å². The Morgan fingerprint density at radius 1 is 1.02 bits per heavy atom. The standard InChI is InChI=1S/C32H54N7O18P3S/c1-4-5-6-7-8-9-10-11-20(40)31(45)61-15-14-34-22(41)12-13-35-29(44)26(43)32(2,3)17-54-60(51,52)57-59(49,50)53-16-21-25(56-58(46,47)48)24(42)30(55-21)39-19-38-23-27(33)36-18-37-28(23)39/h5-6,18-21,24-26,30,40,42-43H,4,7-17H2,1-3H3,(H,34,41)(H,35,44)(H,49,50)(H,51,52)(H2,33,36,37)(H2,46,47,48)/b6-5+. The lowest BCUT2D eigenvalue weighted by Crippen LogP contribution is -2.46. The first-order valence-corrected chi connectivity index (χ1v) is 24.4. The molecule has 29 heteroatoms. The van der Waals surface area contributed by atoms with Crippen LogP contribution in [0.25, 0.3) is 11.2 Å². The number of thioether (sulfide) groups is 1. The third-order valence-corrected chi connectivity index (χ3v) is 12.8. The Morgan fingerprint density at radius 2 is 1.72 bits per heavy atom. The Morgan fingerprint density at radius 3 is 2.41 bits per heavy atom. The van der Waals surface area contributed by atoms with Gasteiger partial charge in [-0.15, -0.1) is 0 Å². The van der Waals surface area contributed by atoms with Crippen molar-refractivity contribution in [2.24, 2.45) is 5.41 Å². The van der Waals surface area contributed by atoms with Gasteiger partial charge in [0, 0.05) is 30.7 Å². The zero-order chi connectivity index (χ0) is 45.6. The Labute approximate surface area is 354 Å². The second-order valence-corrected chi connectivity index (χ2v) is 19.6. The van der Waals surface area contributed by atoms with E-state index in [1.54, 1.807) is 0 Å². The number of aromatic nitrogens is 4. The summed E-state index contributed by atoms with van der Waals surface area (Å²) in [6.45, 7) is 2.38. The van der Waals surface area contributed by atoms with Crippen molar-refractivity contribution in [2.45, 2.75) is 102 Å². The number of ether oxygens (including phenoxy) is 1. The van der Waals surface area contributed by atoms with Crippen LogP contribution in [0.15, 0.2) is 24.8 Å². The lowest BCUT2D eigenvalue weighted by molar-refractivity contribution is -0.137. The lowest BCUT2D eigenvalue weighted by atomic mass is 9.87. The number of phosphoric acid groups is 3. The Kier molecular flexibility index (Phi) is 20.5. The predicted octanol–water partition coefficient (Wildman–Crippen LogP) is 0.942. The highest BCUT2D eigenvalue weighted by atomic mass is 32.2. The molecule has 61 heavy (non-hydrogen) atoms. The number of imidazole rings is 1. The third kappa shape index (κ3) is 17.4. The van der Waals surface area contributed by atoms with Crippen molar-refractivity contribution in [3.63, 3.8) is 0 Å². The maximum absolute atomic E-state index is 12.7. The summed E-state index contributed by atoms with van der Waals surface area (Å²) in [7, 11) is -16.4. The molecule has 0 spiro atoms. The van der Waals surface area contributed by atoms with Gasteiger partial charge in [0.2, 0.25) is 16.9 Å². The second kappa shape index (κ2) is 23.8. The number of hydrogen-bond acceptors (Lipinski definition) is 19. The Hall–Kier alpha value is -2.74. The molecule has 8 atom stereocenters. The number of nitrogens with zero attached hydrogens (tertiary/aromatic N) is 4. The van der Waals surface area contributed by atoms with E-state index in [1.807, 2.05) is 0 Å². The Bertz CT molecular complexity index is 1950. The molecule has 8 unspecified atom stereocenters. The van der Waals surface area contributed by atoms with Crippen molar-refractivity contribution in [1.82, 2.24) is 30.2 Å². The van der Waals surface area contributed by atoms with Crippen LogP contribution < -0.4 is 16.4 Å². The first kappa shape index (κ1) is 52.6.